The number of nitrogens with one attached hydrogen (secondary N) is 1. The Morgan fingerprint density at radius 3 is 2.45 bits per heavy atom. The fourth-order valence-electron chi connectivity index (χ4n) is 3.07. The molecule has 0 radical (unpaired) electrons. The van der Waals surface area contributed by atoms with Crippen molar-refractivity contribution in [3.05, 3.63) is 102 Å². The van der Waals surface area contributed by atoms with Crippen LogP contribution in [0.3, 0.4) is 0 Å². The van der Waals surface area contributed by atoms with Gasteiger partial charge in [-0.1, -0.05) is 60.7 Å². The molecule has 0 fully saturated rings. The number of allylic oxidation sites excluding steroid dienone is 1. The summed E-state index contributed by atoms with van der Waals surface area (Å²) in [5, 5.41) is 16.4. The zero-order valence-corrected chi connectivity index (χ0v) is 15.6. The number of ketones is 1. The first kappa shape index (κ1) is 18.4. The van der Waals surface area contributed by atoms with Crippen molar-refractivity contribution < 1.29 is 14.3 Å². The maximum absolute atomic E-state index is 12.9. The van der Waals surface area contributed by atoms with Crippen molar-refractivity contribution in [1.29, 1.82) is 0 Å². The first-order chi connectivity index (χ1) is 14.2. The van der Waals surface area contributed by atoms with Crippen LogP contribution < -0.4 is 0 Å². The average molecular weight is 385 g/mol. The molecule has 0 aliphatic heterocycles. The summed E-state index contributed by atoms with van der Waals surface area (Å²) in [6.07, 6.45) is 3.75. The Balaban J connectivity index is 1.65. The standard InChI is InChI=1S/C23H19N3O3/c27-19(14-20(28)23-24-15-25-26-23)18-13-22(17-9-5-2-6-10-17)29-21(18)12-11-16-7-3-1-4-8-16/h1-10,13-15,28H,11-12H2,(H,24,25,26). The van der Waals surface area contributed by atoms with Gasteiger partial charge in [-0.25, -0.2) is 4.98 Å². The predicted octanol–water partition coefficient (Wildman–Crippen LogP) is 4.63. The highest BCUT2D eigenvalue weighted by atomic mass is 16.3. The number of aryl methyl sites for hydroxylation is 2. The lowest BCUT2D eigenvalue weighted by molar-refractivity contribution is 0.104. The molecule has 0 amide bonds. The first-order valence-electron chi connectivity index (χ1n) is 9.24. The van der Waals surface area contributed by atoms with Crippen LogP contribution in [-0.4, -0.2) is 26.1 Å². The fraction of sp³-hybridized carbons (Fsp3) is 0.0870. The third kappa shape index (κ3) is 4.32. The number of aromatic amines is 1. The topological polar surface area (TPSA) is 92.0 Å². The van der Waals surface area contributed by atoms with Crippen molar-refractivity contribution >= 4 is 11.5 Å². The minimum Gasteiger partial charge on any atom is -0.504 e. The van der Waals surface area contributed by atoms with E-state index < -0.39 is 0 Å². The van der Waals surface area contributed by atoms with E-state index in [-0.39, 0.29) is 17.4 Å². The molecule has 29 heavy (non-hydrogen) atoms. The van der Waals surface area contributed by atoms with Crippen molar-refractivity contribution in [3.63, 3.8) is 0 Å². The fourth-order valence-corrected chi connectivity index (χ4v) is 3.07. The third-order valence-corrected chi connectivity index (χ3v) is 4.53. The lowest BCUT2D eigenvalue weighted by Crippen LogP contribution is -2.01. The van der Waals surface area contributed by atoms with Gasteiger partial charge in [-0.2, -0.15) is 5.10 Å². The highest BCUT2D eigenvalue weighted by molar-refractivity contribution is 6.08. The van der Waals surface area contributed by atoms with Gasteiger partial charge in [0.05, 0.1) is 5.56 Å². The van der Waals surface area contributed by atoms with E-state index in [0.717, 1.165) is 23.6 Å². The SMILES string of the molecule is O=C(C=C(O)c1nc[nH]n1)c1cc(-c2ccccc2)oc1CCc1ccccc1. The van der Waals surface area contributed by atoms with E-state index in [1.54, 1.807) is 6.07 Å². The molecule has 0 aliphatic carbocycles. The Hall–Kier alpha value is -3.93. The highest BCUT2D eigenvalue weighted by Crippen LogP contribution is 2.27. The summed E-state index contributed by atoms with van der Waals surface area (Å²) in [5.41, 5.74) is 2.46. The number of rotatable bonds is 7. The van der Waals surface area contributed by atoms with Gasteiger partial charge in [0.15, 0.2) is 11.5 Å². The largest absolute Gasteiger partial charge is 0.504 e. The number of furan rings is 1. The van der Waals surface area contributed by atoms with Crippen LogP contribution in [0.5, 0.6) is 0 Å². The molecule has 2 N–H and O–H groups in total. The number of aliphatic hydroxyl groups is 1. The predicted molar refractivity (Wildman–Crippen MR) is 109 cm³/mol. The monoisotopic (exact) mass is 385 g/mol. The zero-order chi connectivity index (χ0) is 20.1. The van der Waals surface area contributed by atoms with Crippen LogP contribution in [0.1, 0.15) is 27.5 Å². The van der Waals surface area contributed by atoms with Gasteiger partial charge in [0, 0.05) is 18.1 Å². The molecule has 4 rings (SSSR count). The van der Waals surface area contributed by atoms with E-state index in [1.807, 2.05) is 60.7 Å². The van der Waals surface area contributed by atoms with Gasteiger partial charge in [-0.15, -0.1) is 0 Å². The molecule has 144 valence electrons. The van der Waals surface area contributed by atoms with Crippen LogP contribution in [0, 0.1) is 0 Å². The molecule has 6 nitrogen and oxygen atoms in total. The minimum absolute atomic E-state index is 0.0657. The van der Waals surface area contributed by atoms with Gasteiger partial charge in [-0.05, 0) is 18.1 Å². The Morgan fingerprint density at radius 2 is 1.76 bits per heavy atom. The first-order valence-corrected chi connectivity index (χ1v) is 9.24. The summed E-state index contributed by atoms with van der Waals surface area (Å²) < 4.78 is 6.05. The number of hydrogen-bond acceptors (Lipinski definition) is 5. The lowest BCUT2D eigenvalue weighted by Gasteiger charge is -2.02. The summed E-state index contributed by atoms with van der Waals surface area (Å²) in [7, 11) is 0. The number of H-pyrrole nitrogens is 1. The summed E-state index contributed by atoms with van der Waals surface area (Å²) in [5.74, 6) is 0.601. The molecule has 6 heteroatoms. The van der Waals surface area contributed by atoms with E-state index in [4.69, 9.17) is 4.42 Å². The number of benzene rings is 2. The second-order valence-corrected chi connectivity index (χ2v) is 6.52. The van der Waals surface area contributed by atoms with Crippen LogP contribution in [0.4, 0.5) is 0 Å². The van der Waals surface area contributed by atoms with Crippen LogP contribution in [0.2, 0.25) is 0 Å². The maximum atomic E-state index is 12.9. The number of aromatic nitrogens is 3. The maximum Gasteiger partial charge on any atom is 0.215 e. The van der Waals surface area contributed by atoms with Gasteiger partial charge in [-0.3, -0.25) is 9.89 Å². The quantitative estimate of drug-likeness (QED) is 0.275. The normalized spacial score (nSPS) is 11.5. The molecule has 2 heterocycles. The van der Waals surface area contributed by atoms with Gasteiger partial charge >= 0.3 is 0 Å². The molecule has 2 aromatic carbocycles. The van der Waals surface area contributed by atoms with E-state index >= 15 is 0 Å². The van der Waals surface area contributed by atoms with Crippen LogP contribution in [0.15, 0.2) is 83.6 Å². The molecule has 4 aromatic rings. The molecule has 0 bridgehead atoms. The number of carbonyl (C=O) groups excluding carboxylic acids is 1. The molecule has 0 saturated carbocycles. The Kier molecular flexibility index (Phi) is 5.33. The number of aliphatic hydroxyl groups excluding tert-OH is 1. The zero-order valence-electron chi connectivity index (χ0n) is 15.6. The van der Waals surface area contributed by atoms with Crippen LogP contribution >= 0.6 is 0 Å². The van der Waals surface area contributed by atoms with E-state index in [9.17, 15) is 9.90 Å². The summed E-state index contributed by atoms with van der Waals surface area (Å²) in [6.45, 7) is 0. The molecular formula is C23H19N3O3. The summed E-state index contributed by atoms with van der Waals surface area (Å²) >= 11 is 0. The molecule has 0 aliphatic rings. The van der Waals surface area contributed by atoms with Crippen LogP contribution in [0.25, 0.3) is 17.1 Å². The molecule has 0 atom stereocenters. The second kappa shape index (κ2) is 8.39. The summed E-state index contributed by atoms with van der Waals surface area (Å²) in [4.78, 5) is 16.7. The van der Waals surface area contributed by atoms with Crippen molar-refractivity contribution in [2.45, 2.75) is 12.8 Å². The second-order valence-electron chi connectivity index (χ2n) is 6.52. The molecule has 0 spiro atoms. The van der Waals surface area contributed by atoms with Crippen molar-refractivity contribution in [1.82, 2.24) is 15.2 Å². The van der Waals surface area contributed by atoms with Gasteiger partial charge in [0.25, 0.3) is 0 Å². The Bertz CT molecular complexity index is 1110. The molecule has 0 unspecified atom stereocenters. The van der Waals surface area contributed by atoms with Crippen molar-refractivity contribution in [2.75, 3.05) is 0 Å². The van der Waals surface area contributed by atoms with E-state index in [2.05, 4.69) is 15.2 Å². The third-order valence-electron chi connectivity index (χ3n) is 4.53. The molecule has 0 saturated heterocycles. The Morgan fingerprint density at radius 1 is 1.03 bits per heavy atom. The number of carbonyl (C=O) groups is 1. The molecule has 2 aromatic heterocycles. The van der Waals surface area contributed by atoms with Crippen LogP contribution in [-0.2, 0) is 12.8 Å². The van der Waals surface area contributed by atoms with E-state index in [1.165, 1.54) is 6.33 Å². The number of hydrogen-bond donors (Lipinski definition) is 2. The van der Waals surface area contributed by atoms with Gasteiger partial charge < -0.3 is 9.52 Å². The number of nitrogens with zero attached hydrogens (tertiary/aromatic N) is 2. The highest BCUT2D eigenvalue weighted by Gasteiger charge is 2.19. The van der Waals surface area contributed by atoms with Crippen molar-refractivity contribution in [2.24, 2.45) is 0 Å². The summed E-state index contributed by atoms with van der Waals surface area (Å²) in [6, 6.07) is 21.3. The van der Waals surface area contributed by atoms with Crippen molar-refractivity contribution in [3.8, 4) is 11.3 Å². The molecular weight excluding hydrogens is 366 g/mol. The smallest absolute Gasteiger partial charge is 0.215 e. The van der Waals surface area contributed by atoms with Gasteiger partial charge in [0.2, 0.25) is 5.82 Å². The lowest BCUT2D eigenvalue weighted by atomic mass is 10.0. The van der Waals surface area contributed by atoms with Gasteiger partial charge in [0.1, 0.15) is 17.8 Å². The minimum atomic E-state index is -0.360. The Labute approximate surface area is 167 Å². The van der Waals surface area contributed by atoms with E-state index in [0.29, 0.717) is 23.5 Å². The average Bonchev–Trinajstić information content (AvgIpc) is 3.44.